The van der Waals surface area contributed by atoms with Crippen molar-refractivity contribution in [1.29, 1.82) is 0 Å². The average molecular weight is 346 g/mol. The highest BCUT2D eigenvalue weighted by molar-refractivity contribution is 5.94. The zero-order chi connectivity index (χ0) is 18.0. The Bertz CT molecular complexity index is 669. The van der Waals surface area contributed by atoms with Crippen molar-refractivity contribution in [3.8, 4) is 5.75 Å². The molecule has 1 N–H and O–H groups in total. The van der Waals surface area contributed by atoms with Gasteiger partial charge in [0.2, 0.25) is 5.91 Å². The second-order valence-electron chi connectivity index (χ2n) is 7.22. The van der Waals surface area contributed by atoms with E-state index in [2.05, 4.69) is 5.32 Å². The van der Waals surface area contributed by atoms with Crippen molar-refractivity contribution in [3.05, 3.63) is 29.3 Å². The monoisotopic (exact) mass is 346 g/mol. The number of nitrogens with one attached hydrogen (secondary N) is 1. The van der Waals surface area contributed by atoms with Gasteiger partial charge in [-0.25, -0.2) is 0 Å². The summed E-state index contributed by atoms with van der Waals surface area (Å²) in [5.41, 5.74) is 1.23. The molecule has 136 valence electrons. The fourth-order valence-corrected chi connectivity index (χ4v) is 3.01. The van der Waals surface area contributed by atoms with Crippen LogP contribution in [0.4, 0.5) is 0 Å². The minimum absolute atomic E-state index is 0.0105. The summed E-state index contributed by atoms with van der Waals surface area (Å²) in [6, 6.07) is 5.41. The number of carbonyl (C=O) groups excluding carboxylic acids is 2. The predicted molar refractivity (Wildman–Crippen MR) is 93.5 cm³/mol. The number of ether oxygens (including phenoxy) is 2. The first-order valence-corrected chi connectivity index (χ1v) is 8.78. The molecule has 1 saturated carbocycles. The second-order valence-corrected chi connectivity index (χ2v) is 7.22. The number of fused-ring (bicyclic) bond motifs is 1. The van der Waals surface area contributed by atoms with Crippen molar-refractivity contribution in [2.24, 2.45) is 5.41 Å². The van der Waals surface area contributed by atoms with Crippen LogP contribution in [0.5, 0.6) is 5.75 Å². The number of carbonyl (C=O) groups is 2. The van der Waals surface area contributed by atoms with Gasteiger partial charge < -0.3 is 19.7 Å². The summed E-state index contributed by atoms with van der Waals surface area (Å²) in [7, 11) is 1.60. The molecule has 1 atom stereocenters. The van der Waals surface area contributed by atoms with Gasteiger partial charge in [-0.2, -0.15) is 0 Å². The highest BCUT2D eigenvalue weighted by Crippen LogP contribution is 2.47. The first-order valence-electron chi connectivity index (χ1n) is 8.78. The van der Waals surface area contributed by atoms with Gasteiger partial charge in [-0.05, 0) is 38.0 Å². The number of methoxy groups -OCH3 is 1. The van der Waals surface area contributed by atoms with Crippen molar-refractivity contribution >= 4 is 11.8 Å². The van der Waals surface area contributed by atoms with E-state index in [9.17, 15) is 9.59 Å². The Morgan fingerprint density at radius 3 is 2.84 bits per heavy atom. The van der Waals surface area contributed by atoms with Gasteiger partial charge in [0.1, 0.15) is 12.4 Å². The Hall–Kier alpha value is -2.08. The smallest absolute Gasteiger partial charge is 0.251 e. The fraction of sp³-hybridized carbons (Fsp3) is 0.579. The lowest BCUT2D eigenvalue weighted by Gasteiger charge is -2.29. The third-order valence-corrected chi connectivity index (χ3v) is 5.04. The van der Waals surface area contributed by atoms with E-state index in [4.69, 9.17) is 9.47 Å². The highest BCUT2D eigenvalue weighted by Gasteiger charge is 2.48. The van der Waals surface area contributed by atoms with E-state index in [1.165, 1.54) is 0 Å². The zero-order valence-electron chi connectivity index (χ0n) is 15.1. The molecule has 25 heavy (non-hydrogen) atoms. The van der Waals surface area contributed by atoms with Gasteiger partial charge in [0.25, 0.3) is 5.91 Å². The Morgan fingerprint density at radius 2 is 2.16 bits per heavy atom. The molecule has 1 fully saturated rings. The van der Waals surface area contributed by atoms with E-state index in [1.54, 1.807) is 13.2 Å². The Morgan fingerprint density at radius 1 is 1.40 bits per heavy atom. The van der Waals surface area contributed by atoms with Crippen LogP contribution in [0.1, 0.15) is 42.6 Å². The fourth-order valence-electron chi connectivity index (χ4n) is 3.01. The molecule has 0 saturated heterocycles. The standard InChI is InChI=1S/C19H26N2O4/c1-13-12-25-16-5-4-14(17(22)20-8-9-24-3)10-15(16)11-21(13)18(23)19(2)6-7-19/h4-5,10,13H,6-9,11-12H2,1-3H3,(H,20,22)/t13-/m0/s1. The van der Waals surface area contributed by atoms with Crippen LogP contribution in [-0.4, -0.2) is 49.6 Å². The minimum atomic E-state index is -0.214. The molecule has 1 heterocycles. The summed E-state index contributed by atoms with van der Waals surface area (Å²) in [6.45, 7) is 5.90. The van der Waals surface area contributed by atoms with E-state index in [1.807, 2.05) is 30.9 Å². The molecule has 6 nitrogen and oxygen atoms in total. The van der Waals surface area contributed by atoms with Crippen molar-refractivity contribution in [3.63, 3.8) is 0 Å². The first kappa shape index (κ1) is 17.7. The number of hydrogen-bond donors (Lipinski definition) is 1. The highest BCUT2D eigenvalue weighted by atomic mass is 16.5. The predicted octanol–water partition coefficient (Wildman–Crippen LogP) is 1.97. The van der Waals surface area contributed by atoms with E-state index >= 15 is 0 Å². The Labute approximate surface area is 148 Å². The first-order chi connectivity index (χ1) is 11.9. The van der Waals surface area contributed by atoms with Crippen molar-refractivity contribution in [2.45, 2.75) is 39.3 Å². The molecule has 0 aromatic heterocycles. The van der Waals surface area contributed by atoms with Crippen molar-refractivity contribution < 1.29 is 19.1 Å². The summed E-state index contributed by atoms with van der Waals surface area (Å²) in [6.07, 6.45) is 1.90. The van der Waals surface area contributed by atoms with Crippen LogP contribution in [-0.2, 0) is 16.1 Å². The lowest BCUT2D eigenvalue weighted by molar-refractivity contribution is -0.139. The molecule has 2 amide bonds. The van der Waals surface area contributed by atoms with E-state index < -0.39 is 0 Å². The van der Waals surface area contributed by atoms with Crippen LogP contribution in [0.15, 0.2) is 18.2 Å². The molecule has 0 unspecified atom stereocenters. The van der Waals surface area contributed by atoms with Gasteiger partial charge in [-0.1, -0.05) is 6.92 Å². The normalized spacial score (nSPS) is 20.9. The third-order valence-electron chi connectivity index (χ3n) is 5.04. The van der Waals surface area contributed by atoms with Gasteiger partial charge >= 0.3 is 0 Å². The molecule has 6 heteroatoms. The lowest BCUT2D eigenvalue weighted by atomic mass is 10.0. The number of benzene rings is 1. The van der Waals surface area contributed by atoms with Crippen LogP contribution in [0.25, 0.3) is 0 Å². The minimum Gasteiger partial charge on any atom is -0.491 e. The number of nitrogens with zero attached hydrogens (tertiary/aromatic N) is 1. The maximum absolute atomic E-state index is 12.8. The molecule has 0 radical (unpaired) electrons. The van der Waals surface area contributed by atoms with Crippen LogP contribution in [0, 0.1) is 5.41 Å². The van der Waals surface area contributed by atoms with Gasteiger partial charge in [-0.3, -0.25) is 9.59 Å². The Balaban J connectivity index is 1.78. The van der Waals surface area contributed by atoms with Gasteiger partial charge in [0.15, 0.2) is 0 Å². The maximum atomic E-state index is 12.8. The van der Waals surface area contributed by atoms with Crippen LogP contribution >= 0.6 is 0 Å². The molecule has 1 aromatic rings. The van der Waals surface area contributed by atoms with Gasteiger partial charge in [0.05, 0.1) is 12.6 Å². The number of hydrogen-bond acceptors (Lipinski definition) is 4. The van der Waals surface area contributed by atoms with Crippen LogP contribution < -0.4 is 10.1 Å². The SMILES string of the molecule is COCCNC(=O)c1ccc2c(c1)CN(C(=O)C1(C)CC1)[C@@H](C)CO2. The van der Waals surface area contributed by atoms with Gasteiger partial charge in [0, 0.05) is 36.7 Å². The lowest BCUT2D eigenvalue weighted by Crippen LogP contribution is -2.43. The summed E-state index contributed by atoms with van der Waals surface area (Å²) >= 11 is 0. The summed E-state index contributed by atoms with van der Waals surface area (Å²) in [4.78, 5) is 27.0. The molecule has 0 spiro atoms. The van der Waals surface area contributed by atoms with E-state index in [0.717, 1.165) is 24.2 Å². The molecular formula is C19H26N2O4. The zero-order valence-corrected chi connectivity index (χ0v) is 15.1. The molecule has 1 aliphatic heterocycles. The number of rotatable bonds is 5. The largest absolute Gasteiger partial charge is 0.491 e. The molecule has 3 rings (SSSR count). The molecular weight excluding hydrogens is 320 g/mol. The van der Waals surface area contributed by atoms with E-state index in [-0.39, 0.29) is 23.3 Å². The second kappa shape index (κ2) is 7.04. The molecule has 2 aliphatic rings. The number of amides is 2. The summed E-state index contributed by atoms with van der Waals surface area (Å²) in [5, 5.41) is 2.81. The van der Waals surface area contributed by atoms with Crippen LogP contribution in [0.2, 0.25) is 0 Å². The van der Waals surface area contributed by atoms with Gasteiger partial charge in [-0.15, -0.1) is 0 Å². The molecule has 0 bridgehead atoms. The molecule has 1 aliphatic carbocycles. The van der Waals surface area contributed by atoms with E-state index in [0.29, 0.717) is 31.9 Å². The van der Waals surface area contributed by atoms with Crippen molar-refractivity contribution in [1.82, 2.24) is 10.2 Å². The van der Waals surface area contributed by atoms with Crippen molar-refractivity contribution in [2.75, 3.05) is 26.9 Å². The maximum Gasteiger partial charge on any atom is 0.251 e. The quantitative estimate of drug-likeness (QED) is 0.828. The topological polar surface area (TPSA) is 67.9 Å². The molecule has 1 aromatic carbocycles. The third kappa shape index (κ3) is 3.79. The summed E-state index contributed by atoms with van der Waals surface area (Å²) in [5.74, 6) is 0.784. The van der Waals surface area contributed by atoms with Crippen LogP contribution in [0.3, 0.4) is 0 Å². The Kier molecular flexibility index (Phi) is 4.99. The summed E-state index contributed by atoms with van der Waals surface area (Å²) < 4.78 is 10.8. The average Bonchev–Trinajstić information content (AvgIpc) is 3.38.